The lowest BCUT2D eigenvalue weighted by Crippen LogP contribution is -2.57. The summed E-state index contributed by atoms with van der Waals surface area (Å²) in [4.78, 5) is 14.4. The van der Waals surface area contributed by atoms with Crippen LogP contribution in [0.25, 0.3) is 0 Å². The van der Waals surface area contributed by atoms with Gasteiger partial charge in [-0.3, -0.25) is 4.79 Å². The molecule has 0 saturated carbocycles. The number of carbonyl (C=O) groups is 1. The molecule has 0 aromatic heterocycles. The molecule has 0 bridgehead atoms. The molecule has 1 heterocycles. The number of aliphatic hydroxyl groups excluding tert-OH is 1. The lowest BCUT2D eigenvalue weighted by molar-refractivity contribution is 0.0524. The predicted molar refractivity (Wildman–Crippen MR) is 94.0 cm³/mol. The normalized spacial score (nSPS) is 16.9. The number of rotatable bonds is 5. The van der Waals surface area contributed by atoms with Crippen molar-refractivity contribution in [3.8, 4) is 6.07 Å². The van der Waals surface area contributed by atoms with Crippen molar-refractivity contribution in [3.63, 3.8) is 0 Å². The third kappa shape index (κ3) is 4.27. The minimum Gasteiger partial charge on any atom is -0.394 e. The van der Waals surface area contributed by atoms with Crippen LogP contribution in [-0.4, -0.2) is 47.7 Å². The SMILES string of the molecule is CC(C)CNC1(CO)CCN(C(=O)c2cc(C#N)ccc2Cl)CC1. The summed E-state index contributed by atoms with van der Waals surface area (Å²) in [7, 11) is 0. The Morgan fingerprint density at radius 1 is 1.46 bits per heavy atom. The zero-order valence-electron chi connectivity index (χ0n) is 14.2. The third-order valence-corrected chi connectivity index (χ3v) is 4.85. The van der Waals surface area contributed by atoms with Gasteiger partial charge in [-0.2, -0.15) is 5.26 Å². The number of likely N-dealkylation sites (tertiary alicyclic amines) is 1. The van der Waals surface area contributed by atoms with Gasteiger partial charge in [0, 0.05) is 18.6 Å². The minimum absolute atomic E-state index is 0.0619. The summed E-state index contributed by atoms with van der Waals surface area (Å²) in [6, 6.07) is 6.75. The number of hydrogen-bond acceptors (Lipinski definition) is 4. The smallest absolute Gasteiger partial charge is 0.255 e. The molecule has 0 radical (unpaired) electrons. The summed E-state index contributed by atoms with van der Waals surface area (Å²) in [5.74, 6) is 0.341. The summed E-state index contributed by atoms with van der Waals surface area (Å²) in [5.41, 5.74) is 0.463. The Morgan fingerprint density at radius 2 is 2.12 bits per heavy atom. The molecule has 1 aliphatic heterocycles. The van der Waals surface area contributed by atoms with Gasteiger partial charge in [0.2, 0.25) is 0 Å². The molecule has 5 nitrogen and oxygen atoms in total. The van der Waals surface area contributed by atoms with Crippen LogP contribution in [-0.2, 0) is 0 Å². The van der Waals surface area contributed by atoms with Crippen LogP contribution in [0.2, 0.25) is 5.02 Å². The summed E-state index contributed by atoms with van der Waals surface area (Å²) >= 11 is 6.13. The van der Waals surface area contributed by atoms with E-state index in [1.165, 1.54) is 6.07 Å². The molecule has 0 aliphatic carbocycles. The van der Waals surface area contributed by atoms with Gasteiger partial charge in [0.1, 0.15) is 0 Å². The molecular weight excluding hydrogens is 326 g/mol. The van der Waals surface area contributed by atoms with Gasteiger partial charge < -0.3 is 15.3 Å². The van der Waals surface area contributed by atoms with E-state index in [4.69, 9.17) is 16.9 Å². The Balaban J connectivity index is 2.06. The van der Waals surface area contributed by atoms with Crippen LogP contribution in [0.15, 0.2) is 18.2 Å². The third-order valence-electron chi connectivity index (χ3n) is 4.52. The van der Waals surface area contributed by atoms with Crippen molar-refractivity contribution in [2.75, 3.05) is 26.2 Å². The lowest BCUT2D eigenvalue weighted by atomic mass is 9.87. The Bertz CT molecular complexity index is 632. The molecule has 1 fully saturated rings. The number of aliphatic hydroxyl groups is 1. The molecule has 2 rings (SSSR count). The van der Waals surface area contributed by atoms with Gasteiger partial charge in [0.25, 0.3) is 5.91 Å². The maximum absolute atomic E-state index is 12.7. The lowest BCUT2D eigenvalue weighted by Gasteiger charge is -2.42. The van der Waals surface area contributed by atoms with Gasteiger partial charge in [-0.1, -0.05) is 25.4 Å². The summed E-state index contributed by atoms with van der Waals surface area (Å²) < 4.78 is 0. The second-order valence-corrected chi connectivity index (χ2v) is 7.22. The molecule has 1 aromatic rings. The van der Waals surface area contributed by atoms with E-state index in [1.54, 1.807) is 17.0 Å². The van der Waals surface area contributed by atoms with E-state index in [9.17, 15) is 9.90 Å². The van der Waals surface area contributed by atoms with Gasteiger partial charge in [0.05, 0.1) is 28.8 Å². The number of nitrogens with zero attached hydrogens (tertiary/aromatic N) is 2. The van der Waals surface area contributed by atoms with Crippen molar-refractivity contribution < 1.29 is 9.90 Å². The highest BCUT2D eigenvalue weighted by molar-refractivity contribution is 6.33. The van der Waals surface area contributed by atoms with Gasteiger partial charge in [-0.25, -0.2) is 0 Å². The number of carbonyl (C=O) groups excluding carboxylic acids is 1. The number of nitrogens with one attached hydrogen (secondary N) is 1. The Kier molecular flexibility index (Phi) is 6.22. The predicted octanol–water partition coefficient (Wildman–Crippen LogP) is 2.42. The highest BCUT2D eigenvalue weighted by atomic mass is 35.5. The first-order chi connectivity index (χ1) is 11.4. The first-order valence-electron chi connectivity index (χ1n) is 8.25. The van der Waals surface area contributed by atoms with Crippen LogP contribution in [0.4, 0.5) is 0 Å². The van der Waals surface area contributed by atoms with Crippen LogP contribution >= 0.6 is 11.6 Å². The molecular formula is C18H24ClN3O2. The number of hydrogen-bond donors (Lipinski definition) is 2. The van der Waals surface area contributed by atoms with Crippen LogP contribution in [0.1, 0.15) is 42.6 Å². The largest absolute Gasteiger partial charge is 0.394 e. The molecule has 1 aromatic carbocycles. The van der Waals surface area contributed by atoms with E-state index < -0.39 is 0 Å². The van der Waals surface area contributed by atoms with E-state index in [1.807, 2.05) is 6.07 Å². The number of benzene rings is 1. The van der Waals surface area contributed by atoms with Crippen molar-refractivity contribution in [2.45, 2.75) is 32.2 Å². The molecule has 0 spiro atoms. The Labute approximate surface area is 148 Å². The first kappa shape index (κ1) is 18.7. The molecule has 1 amide bonds. The molecule has 130 valence electrons. The second-order valence-electron chi connectivity index (χ2n) is 6.81. The average Bonchev–Trinajstić information content (AvgIpc) is 2.60. The molecule has 0 unspecified atom stereocenters. The quantitative estimate of drug-likeness (QED) is 0.856. The van der Waals surface area contributed by atoms with Crippen molar-refractivity contribution in [1.29, 1.82) is 5.26 Å². The van der Waals surface area contributed by atoms with Crippen molar-refractivity contribution in [1.82, 2.24) is 10.2 Å². The van der Waals surface area contributed by atoms with Crippen LogP contribution < -0.4 is 5.32 Å². The molecule has 2 N–H and O–H groups in total. The van der Waals surface area contributed by atoms with Gasteiger partial charge >= 0.3 is 0 Å². The molecule has 0 atom stereocenters. The fourth-order valence-corrected chi connectivity index (χ4v) is 3.08. The highest BCUT2D eigenvalue weighted by Crippen LogP contribution is 2.26. The monoisotopic (exact) mass is 349 g/mol. The average molecular weight is 350 g/mol. The number of piperidine rings is 1. The van der Waals surface area contributed by atoms with Gasteiger partial charge in [-0.15, -0.1) is 0 Å². The highest BCUT2D eigenvalue weighted by Gasteiger charge is 2.35. The maximum Gasteiger partial charge on any atom is 0.255 e. The van der Waals surface area contributed by atoms with E-state index in [0.717, 1.165) is 6.54 Å². The molecule has 6 heteroatoms. The molecule has 24 heavy (non-hydrogen) atoms. The van der Waals surface area contributed by atoms with E-state index in [-0.39, 0.29) is 18.1 Å². The number of halogens is 1. The van der Waals surface area contributed by atoms with E-state index in [2.05, 4.69) is 19.2 Å². The molecule has 1 aliphatic rings. The van der Waals surface area contributed by atoms with Crippen LogP contribution in [0, 0.1) is 17.2 Å². The Hall–Kier alpha value is -1.61. The number of nitriles is 1. The maximum atomic E-state index is 12.7. The minimum atomic E-state index is -0.320. The fourth-order valence-electron chi connectivity index (χ4n) is 2.88. The molecule has 1 saturated heterocycles. The number of amides is 1. The topological polar surface area (TPSA) is 76.4 Å². The van der Waals surface area contributed by atoms with Crippen molar-refractivity contribution in [2.24, 2.45) is 5.92 Å². The van der Waals surface area contributed by atoms with Crippen LogP contribution in [0.5, 0.6) is 0 Å². The first-order valence-corrected chi connectivity index (χ1v) is 8.63. The van der Waals surface area contributed by atoms with Gasteiger partial charge in [-0.05, 0) is 43.5 Å². The zero-order valence-corrected chi connectivity index (χ0v) is 14.9. The van der Waals surface area contributed by atoms with E-state index in [0.29, 0.717) is 48.0 Å². The second kappa shape index (κ2) is 7.98. The van der Waals surface area contributed by atoms with Crippen LogP contribution in [0.3, 0.4) is 0 Å². The summed E-state index contributed by atoms with van der Waals surface area (Å²) in [6.07, 6.45) is 1.38. The summed E-state index contributed by atoms with van der Waals surface area (Å²) in [6.45, 7) is 6.26. The zero-order chi connectivity index (χ0) is 17.7. The van der Waals surface area contributed by atoms with Gasteiger partial charge in [0.15, 0.2) is 0 Å². The standard InChI is InChI=1S/C18H24ClN3O2/c1-13(2)11-21-18(12-23)5-7-22(8-6-18)17(24)15-9-14(10-20)3-4-16(15)19/h3-4,9,13,21,23H,5-8,11-12H2,1-2H3. The van der Waals surface area contributed by atoms with Crippen molar-refractivity contribution >= 4 is 17.5 Å². The van der Waals surface area contributed by atoms with Crippen molar-refractivity contribution in [3.05, 3.63) is 34.3 Å². The summed E-state index contributed by atoms with van der Waals surface area (Å²) in [5, 5.41) is 22.6. The fraction of sp³-hybridized carbons (Fsp3) is 0.556. The Morgan fingerprint density at radius 3 is 2.67 bits per heavy atom. The van der Waals surface area contributed by atoms with E-state index >= 15 is 0 Å².